The predicted molar refractivity (Wildman–Crippen MR) is 139 cm³/mol. The Morgan fingerprint density at radius 2 is 1.93 bits per heavy atom. The average molecular weight is 577 g/mol. The van der Waals surface area contributed by atoms with Gasteiger partial charge in [0, 0.05) is 31.5 Å². The van der Waals surface area contributed by atoms with Gasteiger partial charge in [-0.05, 0) is 68.4 Å². The van der Waals surface area contributed by atoms with Gasteiger partial charge in [-0.25, -0.2) is 4.79 Å². The first-order valence-electron chi connectivity index (χ1n) is 13.4. The summed E-state index contributed by atoms with van der Waals surface area (Å²) in [5.74, 6) is 0.537. The van der Waals surface area contributed by atoms with Gasteiger partial charge in [0.05, 0.1) is 28.3 Å². The molecule has 2 aliphatic rings. The lowest BCUT2D eigenvalue weighted by Crippen LogP contribution is -2.49. The Hall–Kier alpha value is -3.58. The summed E-state index contributed by atoms with van der Waals surface area (Å²) in [5.41, 5.74) is -1.40. The molecule has 0 amide bonds. The summed E-state index contributed by atoms with van der Waals surface area (Å²) in [6.07, 6.45) is 2.11. The van der Waals surface area contributed by atoms with Crippen LogP contribution in [-0.2, 0) is 29.9 Å². The van der Waals surface area contributed by atoms with Crippen molar-refractivity contribution in [3.63, 3.8) is 0 Å². The molecule has 41 heavy (non-hydrogen) atoms. The molecule has 0 radical (unpaired) electrons. The predicted octanol–water partition coefficient (Wildman–Crippen LogP) is 4.96. The number of pyridine rings is 1. The maximum absolute atomic E-state index is 14.2. The zero-order valence-corrected chi connectivity index (χ0v) is 22.5. The van der Waals surface area contributed by atoms with Crippen LogP contribution in [0.4, 0.5) is 22.0 Å². The van der Waals surface area contributed by atoms with Gasteiger partial charge in [-0.1, -0.05) is 12.1 Å². The lowest BCUT2D eigenvalue weighted by molar-refractivity contribution is -0.192. The molecule has 0 bridgehead atoms. The molecule has 0 spiro atoms. The van der Waals surface area contributed by atoms with Crippen LogP contribution >= 0.6 is 0 Å². The number of rotatable bonds is 8. The van der Waals surface area contributed by atoms with Crippen LogP contribution in [0.3, 0.4) is 0 Å². The minimum Gasteiger partial charge on any atom is -0.320 e. The third kappa shape index (κ3) is 4.84. The monoisotopic (exact) mass is 576 g/mol. The maximum atomic E-state index is 14.2. The Labute approximate surface area is 231 Å². The van der Waals surface area contributed by atoms with E-state index < -0.39 is 35.6 Å². The molecule has 2 fully saturated rings. The van der Waals surface area contributed by atoms with Gasteiger partial charge in [-0.3, -0.25) is 8.97 Å². The molecule has 0 atom stereocenters. The average Bonchev–Trinajstić information content (AvgIpc) is 3.45. The number of nitrogens with zero attached hydrogens (tertiary/aromatic N) is 5. The summed E-state index contributed by atoms with van der Waals surface area (Å²) in [7, 11) is 1.74. The number of imidazole rings is 1. The molecular formula is C28H29F5N6O2. The number of fused-ring (bicyclic) bond motifs is 1. The van der Waals surface area contributed by atoms with Crippen LogP contribution in [0, 0.1) is 0 Å². The minimum absolute atomic E-state index is 0.121. The van der Waals surface area contributed by atoms with Crippen molar-refractivity contribution in [3.8, 4) is 5.69 Å². The van der Waals surface area contributed by atoms with Gasteiger partial charge in [0.2, 0.25) is 0 Å². The van der Waals surface area contributed by atoms with E-state index in [9.17, 15) is 26.7 Å². The first-order valence-corrected chi connectivity index (χ1v) is 13.4. The smallest absolute Gasteiger partial charge is 0.320 e. The molecule has 4 aromatic rings. The third-order valence-electron chi connectivity index (χ3n) is 8.57. The van der Waals surface area contributed by atoms with Gasteiger partial charge in [0.15, 0.2) is 0 Å². The summed E-state index contributed by atoms with van der Waals surface area (Å²) >= 11 is 0. The van der Waals surface area contributed by atoms with Crippen molar-refractivity contribution < 1.29 is 26.7 Å². The Morgan fingerprint density at radius 1 is 1.17 bits per heavy atom. The third-order valence-corrected chi connectivity index (χ3v) is 8.57. The Bertz CT molecular complexity index is 1650. The Morgan fingerprint density at radius 3 is 2.54 bits per heavy atom. The van der Waals surface area contributed by atoms with Crippen LogP contribution in [-0.4, -0.2) is 42.0 Å². The molecule has 13 heteroatoms. The fourth-order valence-corrected chi connectivity index (χ4v) is 6.13. The van der Waals surface area contributed by atoms with Crippen LogP contribution in [0.15, 0.2) is 53.8 Å². The molecule has 1 aromatic carbocycles. The lowest BCUT2D eigenvalue weighted by atomic mass is 9.62. The van der Waals surface area contributed by atoms with Crippen molar-refractivity contribution in [2.75, 3.05) is 0 Å². The minimum atomic E-state index is -4.68. The topological polar surface area (TPSA) is 78.4 Å². The number of alkyl halides is 5. The van der Waals surface area contributed by atoms with E-state index in [2.05, 4.69) is 15.5 Å². The maximum Gasteiger partial charge on any atom is 0.418 e. The molecule has 1 N–H and O–H groups in total. The van der Waals surface area contributed by atoms with Gasteiger partial charge < -0.3 is 14.6 Å². The molecule has 0 aliphatic heterocycles. The number of aryl methyl sites for hydroxylation is 1. The molecule has 3 heterocycles. The first kappa shape index (κ1) is 27.6. The second-order valence-corrected chi connectivity index (χ2v) is 11.4. The van der Waals surface area contributed by atoms with Gasteiger partial charge in [0.1, 0.15) is 12.2 Å². The highest BCUT2D eigenvalue weighted by molar-refractivity contribution is 5.58. The lowest BCUT2D eigenvalue weighted by Gasteiger charge is -2.46. The quantitative estimate of drug-likeness (QED) is 0.300. The van der Waals surface area contributed by atoms with E-state index in [0.29, 0.717) is 22.6 Å². The molecule has 218 valence electrons. The molecule has 8 nitrogen and oxygen atoms in total. The van der Waals surface area contributed by atoms with Crippen LogP contribution in [0.1, 0.15) is 61.5 Å². The van der Waals surface area contributed by atoms with Crippen LogP contribution < -0.4 is 11.0 Å². The standard InChI is InChI=1S/C28H29F5N6O2/c1-26(7-4-8-26)34-13-17-9-21(28(31,32)33)22-15-38(25(40)39(22)14-17)19-6-3-5-18(10-19)27(23-36-35-16-37(23)2)11-20(12-27)41-24(29)30/h3,5-6,9-10,14-16,20,24,34H,4,7-8,11-13H2,1-2H3. The normalized spacial score (nSPS) is 22.2. The van der Waals surface area contributed by atoms with Crippen LogP contribution in [0.25, 0.3) is 11.2 Å². The first-order chi connectivity index (χ1) is 19.4. The summed E-state index contributed by atoms with van der Waals surface area (Å²) in [5, 5.41) is 11.5. The number of nitrogens with one attached hydrogen (secondary N) is 1. The van der Waals surface area contributed by atoms with Crippen LogP contribution in [0.5, 0.6) is 0 Å². The highest BCUT2D eigenvalue weighted by Gasteiger charge is 2.51. The number of aromatic nitrogens is 5. The fraction of sp³-hybridized carbons (Fsp3) is 0.464. The molecule has 2 saturated carbocycles. The van der Waals surface area contributed by atoms with Gasteiger partial charge >= 0.3 is 18.5 Å². The van der Waals surface area contributed by atoms with Gasteiger partial charge in [-0.15, -0.1) is 10.2 Å². The highest BCUT2D eigenvalue weighted by atomic mass is 19.4. The van der Waals surface area contributed by atoms with Crippen molar-refractivity contribution >= 4 is 5.52 Å². The summed E-state index contributed by atoms with van der Waals surface area (Å²) in [6, 6.07) is 7.85. The molecule has 2 aliphatic carbocycles. The second kappa shape index (κ2) is 9.76. The highest BCUT2D eigenvalue weighted by Crippen LogP contribution is 2.50. The fourth-order valence-electron chi connectivity index (χ4n) is 6.13. The zero-order chi connectivity index (χ0) is 29.2. The van der Waals surface area contributed by atoms with E-state index in [1.807, 2.05) is 6.92 Å². The number of hydrogen-bond donors (Lipinski definition) is 1. The van der Waals surface area contributed by atoms with Crippen molar-refractivity contribution in [2.45, 2.75) is 75.4 Å². The van der Waals surface area contributed by atoms with Crippen LogP contribution in [0.2, 0.25) is 0 Å². The Balaban J connectivity index is 1.41. The number of halogens is 5. The van der Waals surface area contributed by atoms with Gasteiger partial charge in [0.25, 0.3) is 0 Å². The summed E-state index contributed by atoms with van der Waals surface area (Å²) in [6.45, 7) is -0.687. The van der Waals surface area contributed by atoms with E-state index in [-0.39, 0.29) is 30.4 Å². The number of hydrogen-bond acceptors (Lipinski definition) is 5. The molecule has 0 unspecified atom stereocenters. The van der Waals surface area contributed by atoms with E-state index in [1.54, 1.807) is 35.9 Å². The van der Waals surface area contributed by atoms with Crippen molar-refractivity contribution in [2.24, 2.45) is 7.05 Å². The van der Waals surface area contributed by atoms with Gasteiger partial charge in [-0.2, -0.15) is 22.0 Å². The zero-order valence-electron chi connectivity index (χ0n) is 22.5. The van der Waals surface area contributed by atoms with E-state index >= 15 is 0 Å². The number of benzene rings is 1. The van der Waals surface area contributed by atoms with E-state index in [1.165, 1.54) is 23.3 Å². The summed E-state index contributed by atoms with van der Waals surface area (Å²) in [4.78, 5) is 13.5. The van der Waals surface area contributed by atoms with Crippen molar-refractivity contribution in [1.29, 1.82) is 0 Å². The molecular weight excluding hydrogens is 547 g/mol. The Kier molecular flexibility index (Phi) is 6.57. The van der Waals surface area contributed by atoms with E-state index in [0.717, 1.165) is 29.7 Å². The van der Waals surface area contributed by atoms with Crippen molar-refractivity contribution in [1.82, 2.24) is 29.0 Å². The molecule has 6 rings (SSSR count). The van der Waals surface area contributed by atoms with E-state index in [4.69, 9.17) is 4.74 Å². The molecule has 0 saturated heterocycles. The summed E-state index contributed by atoms with van der Waals surface area (Å²) < 4.78 is 76.9. The second-order valence-electron chi connectivity index (χ2n) is 11.4. The molecule has 3 aromatic heterocycles. The van der Waals surface area contributed by atoms with Crippen molar-refractivity contribution in [3.05, 3.63) is 82.1 Å². The largest absolute Gasteiger partial charge is 0.418 e. The number of ether oxygens (including phenoxy) is 1. The SMILES string of the molecule is Cn1cnnc1C1(c2cccc(-n3cc4c(C(F)(F)F)cc(CNC5(C)CCC5)cn4c3=O)c2)CC(OC(F)F)C1.